The van der Waals surface area contributed by atoms with Crippen LogP contribution < -0.4 is 10.1 Å². The fourth-order valence-electron chi connectivity index (χ4n) is 3.40. The largest absolute Gasteiger partial charge is 0.497 e. The average molecular weight is 284 g/mol. The maximum Gasteiger partial charge on any atom is 0.134 e. The predicted octanol–water partition coefficient (Wildman–Crippen LogP) is 4.62. The number of hydrogen-bond donors (Lipinski definition) is 1. The van der Waals surface area contributed by atoms with Crippen LogP contribution in [-0.2, 0) is 0 Å². The molecule has 3 nitrogen and oxygen atoms in total. The molecule has 0 saturated heterocycles. The first-order valence-electron chi connectivity index (χ1n) is 7.77. The van der Waals surface area contributed by atoms with Crippen molar-refractivity contribution >= 4 is 16.6 Å². The minimum Gasteiger partial charge on any atom is -0.497 e. The summed E-state index contributed by atoms with van der Waals surface area (Å²) in [4.78, 5) is 4.56. The van der Waals surface area contributed by atoms with Gasteiger partial charge in [-0.3, -0.25) is 0 Å². The number of pyridine rings is 1. The van der Waals surface area contributed by atoms with Crippen LogP contribution in [0.15, 0.2) is 30.5 Å². The fourth-order valence-corrected chi connectivity index (χ4v) is 3.40. The number of methoxy groups -OCH3 is 1. The summed E-state index contributed by atoms with van der Waals surface area (Å²) in [5, 5.41) is 6.00. The van der Waals surface area contributed by atoms with E-state index in [0.29, 0.717) is 11.5 Å². The molecule has 21 heavy (non-hydrogen) atoms. The lowest BCUT2D eigenvalue weighted by Gasteiger charge is -2.36. The van der Waals surface area contributed by atoms with Crippen molar-refractivity contribution in [3.8, 4) is 5.75 Å². The van der Waals surface area contributed by atoms with Crippen LogP contribution in [0.1, 0.15) is 39.5 Å². The van der Waals surface area contributed by atoms with Crippen molar-refractivity contribution in [2.45, 2.75) is 45.6 Å². The maximum absolute atomic E-state index is 5.34. The van der Waals surface area contributed by atoms with Crippen LogP contribution in [0.25, 0.3) is 10.8 Å². The highest BCUT2D eigenvalue weighted by Gasteiger charge is 2.28. The van der Waals surface area contributed by atoms with Gasteiger partial charge in [0.25, 0.3) is 0 Å². The van der Waals surface area contributed by atoms with Crippen molar-refractivity contribution in [1.29, 1.82) is 0 Å². The van der Waals surface area contributed by atoms with Crippen molar-refractivity contribution in [3.05, 3.63) is 30.5 Å². The SMILES string of the molecule is COc1ccc2ccnc(NC3CCCC(C)(C)C3)c2c1. The van der Waals surface area contributed by atoms with E-state index in [1.54, 1.807) is 7.11 Å². The van der Waals surface area contributed by atoms with Crippen LogP contribution in [0.3, 0.4) is 0 Å². The molecule has 1 N–H and O–H groups in total. The number of ether oxygens (including phenoxy) is 1. The third-order valence-corrected chi connectivity index (χ3v) is 4.52. The van der Waals surface area contributed by atoms with E-state index in [4.69, 9.17) is 4.74 Å². The Labute approximate surface area is 126 Å². The van der Waals surface area contributed by atoms with Gasteiger partial charge in [0, 0.05) is 17.6 Å². The third-order valence-electron chi connectivity index (χ3n) is 4.52. The van der Waals surface area contributed by atoms with Crippen molar-refractivity contribution in [2.24, 2.45) is 5.41 Å². The second kappa shape index (κ2) is 5.55. The van der Waals surface area contributed by atoms with Crippen LogP contribution in [0.5, 0.6) is 5.75 Å². The Morgan fingerprint density at radius 2 is 2.14 bits per heavy atom. The van der Waals surface area contributed by atoms with Gasteiger partial charge in [-0.2, -0.15) is 0 Å². The van der Waals surface area contributed by atoms with Crippen molar-refractivity contribution in [3.63, 3.8) is 0 Å². The summed E-state index contributed by atoms with van der Waals surface area (Å²) in [6.07, 6.45) is 6.92. The Morgan fingerprint density at radius 3 is 2.90 bits per heavy atom. The molecule has 112 valence electrons. The molecule has 1 saturated carbocycles. The molecule has 1 heterocycles. The zero-order valence-electron chi connectivity index (χ0n) is 13.1. The topological polar surface area (TPSA) is 34.1 Å². The molecule has 0 radical (unpaired) electrons. The number of aromatic nitrogens is 1. The Morgan fingerprint density at radius 1 is 1.29 bits per heavy atom. The molecule has 2 aromatic rings. The molecule has 1 aromatic heterocycles. The summed E-state index contributed by atoms with van der Waals surface area (Å²) >= 11 is 0. The number of hydrogen-bond acceptors (Lipinski definition) is 3. The van der Waals surface area contributed by atoms with E-state index < -0.39 is 0 Å². The molecule has 3 heteroatoms. The minimum atomic E-state index is 0.429. The van der Waals surface area contributed by atoms with Crippen LogP contribution in [-0.4, -0.2) is 18.1 Å². The standard InChI is InChI=1S/C18H24N2O/c1-18(2)9-4-5-14(12-18)20-17-16-11-15(21-3)7-6-13(16)8-10-19-17/h6-8,10-11,14H,4-5,9,12H2,1-3H3,(H,19,20). The molecular weight excluding hydrogens is 260 g/mol. The summed E-state index contributed by atoms with van der Waals surface area (Å²) in [5.74, 6) is 1.86. The maximum atomic E-state index is 5.34. The number of rotatable bonds is 3. The van der Waals surface area contributed by atoms with Crippen LogP contribution in [0.4, 0.5) is 5.82 Å². The van der Waals surface area contributed by atoms with Gasteiger partial charge in [0.2, 0.25) is 0 Å². The molecule has 1 aromatic carbocycles. The van der Waals surface area contributed by atoms with Crippen LogP contribution >= 0.6 is 0 Å². The first-order valence-corrected chi connectivity index (χ1v) is 7.77. The van der Waals surface area contributed by atoms with Gasteiger partial charge in [-0.1, -0.05) is 26.3 Å². The van der Waals surface area contributed by atoms with Gasteiger partial charge in [-0.05, 0) is 48.3 Å². The Balaban J connectivity index is 1.89. The highest BCUT2D eigenvalue weighted by molar-refractivity contribution is 5.92. The van der Waals surface area contributed by atoms with E-state index in [1.807, 2.05) is 18.3 Å². The normalized spacial score (nSPS) is 21.2. The Hall–Kier alpha value is -1.77. The zero-order chi connectivity index (χ0) is 14.9. The van der Waals surface area contributed by atoms with Crippen molar-refractivity contribution < 1.29 is 4.74 Å². The highest BCUT2D eigenvalue weighted by Crippen LogP contribution is 2.37. The highest BCUT2D eigenvalue weighted by atomic mass is 16.5. The lowest BCUT2D eigenvalue weighted by atomic mass is 9.75. The number of nitrogens with one attached hydrogen (secondary N) is 1. The summed E-state index contributed by atoms with van der Waals surface area (Å²) in [5.41, 5.74) is 0.429. The quantitative estimate of drug-likeness (QED) is 0.892. The zero-order valence-corrected chi connectivity index (χ0v) is 13.1. The molecule has 1 fully saturated rings. The minimum absolute atomic E-state index is 0.429. The van der Waals surface area contributed by atoms with E-state index in [1.165, 1.54) is 31.1 Å². The monoisotopic (exact) mass is 284 g/mol. The van der Waals surface area contributed by atoms with Gasteiger partial charge in [0.15, 0.2) is 0 Å². The molecule has 0 aliphatic heterocycles. The first kappa shape index (κ1) is 14.2. The van der Waals surface area contributed by atoms with E-state index in [9.17, 15) is 0 Å². The predicted molar refractivity (Wildman–Crippen MR) is 88.0 cm³/mol. The van der Waals surface area contributed by atoms with Crippen LogP contribution in [0, 0.1) is 5.41 Å². The fraction of sp³-hybridized carbons (Fsp3) is 0.500. The third kappa shape index (κ3) is 3.12. The molecule has 3 rings (SSSR count). The second-order valence-electron chi connectivity index (χ2n) is 6.85. The van der Waals surface area contributed by atoms with Gasteiger partial charge < -0.3 is 10.1 Å². The summed E-state index contributed by atoms with van der Waals surface area (Å²) in [7, 11) is 1.70. The molecule has 0 bridgehead atoms. The second-order valence-corrected chi connectivity index (χ2v) is 6.85. The van der Waals surface area contributed by atoms with E-state index in [-0.39, 0.29) is 0 Å². The molecule has 1 unspecified atom stereocenters. The molecule has 0 amide bonds. The number of benzene rings is 1. The molecular formula is C18H24N2O. The van der Waals surface area contributed by atoms with Crippen molar-refractivity contribution in [1.82, 2.24) is 4.98 Å². The smallest absolute Gasteiger partial charge is 0.134 e. The number of nitrogens with zero attached hydrogens (tertiary/aromatic N) is 1. The van der Waals surface area contributed by atoms with E-state index in [2.05, 4.69) is 36.3 Å². The first-order chi connectivity index (χ1) is 10.1. The molecule has 1 aliphatic rings. The lowest BCUT2D eigenvalue weighted by molar-refractivity contribution is 0.229. The molecule has 0 spiro atoms. The Bertz CT molecular complexity index is 636. The summed E-state index contributed by atoms with van der Waals surface area (Å²) in [6, 6.07) is 8.71. The van der Waals surface area contributed by atoms with Gasteiger partial charge in [0.05, 0.1) is 7.11 Å². The summed E-state index contributed by atoms with van der Waals surface area (Å²) in [6.45, 7) is 4.72. The van der Waals surface area contributed by atoms with E-state index >= 15 is 0 Å². The van der Waals surface area contributed by atoms with Crippen molar-refractivity contribution in [2.75, 3.05) is 12.4 Å². The van der Waals surface area contributed by atoms with Gasteiger partial charge >= 0.3 is 0 Å². The summed E-state index contributed by atoms with van der Waals surface area (Å²) < 4.78 is 5.34. The van der Waals surface area contributed by atoms with Gasteiger partial charge in [-0.15, -0.1) is 0 Å². The van der Waals surface area contributed by atoms with Crippen LogP contribution in [0.2, 0.25) is 0 Å². The van der Waals surface area contributed by atoms with Gasteiger partial charge in [-0.25, -0.2) is 4.98 Å². The molecule has 1 atom stereocenters. The van der Waals surface area contributed by atoms with E-state index in [0.717, 1.165) is 17.0 Å². The lowest BCUT2D eigenvalue weighted by Crippen LogP contribution is -2.32. The molecule has 1 aliphatic carbocycles. The average Bonchev–Trinajstić information content (AvgIpc) is 2.46. The number of anilines is 1. The number of fused-ring (bicyclic) bond motifs is 1. The Kier molecular flexibility index (Phi) is 3.75. The van der Waals surface area contributed by atoms with Gasteiger partial charge in [0.1, 0.15) is 11.6 Å².